The minimum atomic E-state index is -0.393. The third kappa shape index (κ3) is 2.43. The first-order valence-electron chi connectivity index (χ1n) is 8.90. The molecule has 140 valence electrons. The Morgan fingerprint density at radius 2 is 1.93 bits per heavy atom. The van der Waals surface area contributed by atoms with Crippen molar-refractivity contribution in [3.63, 3.8) is 0 Å². The lowest BCUT2D eigenvalue weighted by atomic mass is 10.3. The quantitative estimate of drug-likeness (QED) is 0.555. The summed E-state index contributed by atoms with van der Waals surface area (Å²) in [6.45, 7) is 4.19. The van der Waals surface area contributed by atoms with Crippen LogP contribution in [0.1, 0.15) is 25.5 Å². The zero-order chi connectivity index (χ0) is 19.3. The Morgan fingerprint density at radius 1 is 1.19 bits per heavy atom. The van der Waals surface area contributed by atoms with Gasteiger partial charge in [0.1, 0.15) is 5.82 Å². The van der Waals surface area contributed by atoms with Gasteiger partial charge in [0, 0.05) is 25.5 Å². The van der Waals surface area contributed by atoms with E-state index in [4.69, 9.17) is 0 Å². The Bertz CT molecular complexity index is 1290. The summed E-state index contributed by atoms with van der Waals surface area (Å²) in [6.07, 6.45) is 3.35. The van der Waals surface area contributed by atoms with Crippen LogP contribution in [-0.2, 0) is 13.6 Å². The Kier molecular flexibility index (Phi) is 3.98. The van der Waals surface area contributed by atoms with Crippen LogP contribution in [0.15, 0.2) is 40.1 Å². The van der Waals surface area contributed by atoms with E-state index >= 15 is 0 Å². The molecule has 3 heterocycles. The summed E-state index contributed by atoms with van der Waals surface area (Å²) in [5, 5.41) is 0. The topological polar surface area (TPSA) is 66.2 Å². The molecule has 0 aliphatic heterocycles. The molecule has 0 N–H and O–H groups in total. The lowest BCUT2D eigenvalue weighted by Gasteiger charge is -2.07. The van der Waals surface area contributed by atoms with Crippen molar-refractivity contribution in [2.75, 3.05) is 0 Å². The highest BCUT2D eigenvalue weighted by molar-refractivity contribution is 5.76. The number of rotatable bonds is 4. The molecule has 0 bridgehead atoms. The van der Waals surface area contributed by atoms with Gasteiger partial charge in [-0.1, -0.05) is 25.5 Å². The number of aromatic nitrogens is 5. The van der Waals surface area contributed by atoms with Gasteiger partial charge in [-0.15, -0.1) is 0 Å². The Balaban J connectivity index is 2.11. The minimum Gasteiger partial charge on any atom is -0.280 e. The zero-order valence-corrected chi connectivity index (χ0v) is 15.4. The molecule has 0 radical (unpaired) electrons. The number of unbranched alkanes of at least 4 members (excludes halogenated alkanes) is 1. The van der Waals surface area contributed by atoms with Gasteiger partial charge in [-0.2, -0.15) is 4.98 Å². The van der Waals surface area contributed by atoms with E-state index in [1.807, 2.05) is 13.8 Å². The lowest BCUT2D eigenvalue weighted by Crippen LogP contribution is -2.39. The molecule has 0 fully saturated rings. The number of hydrogen-bond acceptors (Lipinski definition) is 3. The van der Waals surface area contributed by atoms with Crippen LogP contribution < -0.4 is 11.2 Å². The second-order valence-electron chi connectivity index (χ2n) is 6.66. The maximum Gasteiger partial charge on any atom is 0.332 e. The predicted octanol–water partition coefficient (Wildman–Crippen LogP) is 2.39. The Morgan fingerprint density at radius 3 is 2.63 bits per heavy atom. The molecule has 4 aromatic rings. The maximum absolute atomic E-state index is 14.4. The zero-order valence-electron chi connectivity index (χ0n) is 15.4. The third-order valence-corrected chi connectivity index (χ3v) is 4.85. The molecule has 3 aromatic heterocycles. The van der Waals surface area contributed by atoms with Crippen molar-refractivity contribution in [1.29, 1.82) is 0 Å². The lowest BCUT2D eigenvalue weighted by molar-refractivity contribution is 0.566. The second kappa shape index (κ2) is 6.22. The number of hydrogen-bond donors (Lipinski definition) is 0. The normalized spacial score (nSPS) is 11.7. The van der Waals surface area contributed by atoms with E-state index in [9.17, 15) is 14.0 Å². The Labute approximate surface area is 153 Å². The van der Waals surface area contributed by atoms with Crippen LogP contribution in [0.2, 0.25) is 0 Å². The number of para-hydroxylation sites is 1. The predicted molar refractivity (Wildman–Crippen MR) is 101 cm³/mol. The van der Waals surface area contributed by atoms with Crippen LogP contribution >= 0.6 is 0 Å². The summed E-state index contributed by atoms with van der Waals surface area (Å²) < 4.78 is 20.3. The summed E-state index contributed by atoms with van der Waals surface area (Å²) in [4.78, 5) is 30.1. The van der Waals surface area contributed by atoms with Gasteiger partial charge >= 0.3 is 5.69 Å². The van der Waals surface area contributed by atoms with Gasteiger partial charge in [0.2, 0.25) is 5.78 Å². The first-order chi connectivity index (χ1) is 13.0. The molecule has 27 heavy (non-hydrogen) atoms. The van der Waals surface area contributed by atoms with E-state index in [0.717, 1.165) is 18.5 Å². The largest absolute Gasteiger partial charge is 0.332 e. The maximum atomic E-state index is 14.4. The molecule has 1 aromatic carbocycles. The number of nitrogens with zero attached hydrogens (tertiary/aromatic N) is 5. The number of fused-ring (bicyclic) bond motifs is 3. The fourth-order valence-electron chi connectivity index (χ4n) is 3.45. The highest BCUT2D eigenvalue weighted by Gasteiger charge is 2.21. The molecule has 0 aliphatic carbocycles. The van der Waals surface area contributed by atoms with Crippen molar-refractivity contribution in [2.45, 2.75) is 33.2 Å². The van der Waals surface area contributed by atoms with E-state index in [-0.39, 0.29) is 17.0 Å². The number of halogens is 1. The van der Waals surface area contributed by atoms with Gasteiger partial charge in [-0.25, -0.2) is 9.18 Å². The van der Waals surface area contributed by atoms with Crippen LogP contribution in [0.5, 0.6) is 0 Å². The summed E-state index contributed by atoms with van der Waals surface area (Å²) in [7, 11) is 1.60. The molecule has 0 saturated carbocycles. The third-order valence-electron chi connectivity index (χ3n) is 4.85. The molecule has 0 aliphatic rings. The van der Waals surface area contributed by atoms with Gasteiger partial charge in [0.15, 0.2) is 11.2 Å². The molecule has 7 nitrogen and oxygen atoms in total. The van der Waals surface area contributed by atoms with Crippen LogP contribution in [-0.4, -0.2) is 23.1 Å². The van der Waals surface area contributed by atoms with Gasteiger partial charge in [-0.3, -0.25) is 22.9 Å². The SMILES string of the molecule is CCCCn1c(=O)c2c(nc3n(-c4ccccc4F)c(C)cn23)n(C)c1=O. The molecular formula is C19H20FN5O2. The molecule has 8 heteroatoms. The van der Waals surface area contributed by atoms with Crippen molar-refractivity contribution >= 4 is 16.9 Å². The van der Waals surface area contributed by atoms with Gasteiger partial charge in [0.05, 0.1) is 5.69 Å². The number of benzene rings is 1. The van der Waals surface area contributed by atoms with Crippen LogP contribution in [0, 0.1) is 12.7 Å². The van der Waals surface area contributed by atoms with Crippen LogP contribution in [0.4, 0.5) is 4.39 Å². The summed E-state index contributed by atoms with van der Waals surface area (Å²) in [5.74, 6) is 0.00735. The molecule has 0 atom stereocenters. The fraction of sp³-hybridized carbons (Fsp3) is 0.316. The molecule has 0 saturated heterocycles. The Hall–Kier alpha value is -3.16. The van der Waals surface area contributed by atoms with E-state index < -0.39 is 5.69 Å². The van der Waals surface area contributed by atoms with E-state index in [2.05, 4.69) is 4.98 Å². The van der Waals surface area contributed by atoms with Crippen molar-refractivity contribution in [3.05, 3.63) is 62.8 Å². The summed E-state index contributed by atoms with van der Waals surface area (Å²) >= 11 is 0. The highest BCUT2D eigenvalue weighted by atomic mass is 19.1. The molecule has 0 amide bonds. The average molecular weight is 369 g/mol. The first kappa shape index (κ1) is 17.3. The standard InChI is InChI=1S/C19H20FN5O2/c1-4-5-10-23-17(26)15-16(22(3)19(23)27)21-18-24(15)11-12(2)25(18)14-9-7-6-8-13(14)20/h6-9,11H,4-5,10H2,1-3H3. The summed E-state index contributed by atoms with van der Waals surface area (Å²) in [5.41, 5.74) is 0.921. The number of imidazole rings is 2. The van der Waals surface area contributed by atoms with Gasteiger partial charge in [0.25, 0.3) is 5.56 Å². The molecule has 0 spiro atoms. The monoisotopic (exact) mass is 369 g/mol. The van der Waals surface area contributed by atoms with E-state index in [1.54, 1.807) is 40.4 Å². The van der Waals surface area contributed by atoms with Crippen molar-refractivity contribution in [2.24, 2.45) is 7.05 Å². The van der Waals surface area contributed by atoms with Crippen molar-refractivity contribution in [1.82, 2.24) is 23.1 Å². The van der Waals surface area contributed by atoms with Crippen LogP contribution in [0.3, 0.4) is 0 Å². The highest BCUT2D eigenvalue weighted by Crippen LogP contribution is 2.22. The van der Waals surface area contributed by atoms with E-state index in [0.29, 0.717) is 23.5 Å². The smallest absolute Gasteiger partial charge is 0.280 e. The van der Waals surface area contributed by atoms with E-state index in [1.165, 1.54) is 15.2 Å². The average Bonchev–Trinajstić information content (AvgIpc) is 3.15. The molecular weight excluding hydrogens is 349 g/mol. The van der Waals surface area contributed by atoms with Gasteiger partial charge in [-0.05, 0) is 25.5 Å². The van der Waals surface area contributed by atoms with Gasteiger partial charge < -0.3 is 0 Å². The first-order valence-corrected chi connectivity index (χ1v) is 8.90. The molecule has 0 unspecified atom stereocenters. The summed E-state index contributed by atoms with van der Waals surface area (Å²) in [6, 6.07) is 6.39. The van der Waals surface area contributed by atoms with Crippen molar-refractivity contribution in [3.8, 4) is 5.69 Å². The van der Waals surface area contributed by atoms with Crippen LogP contribution in [0.25, 0.3) is 22.6 Å². The minimum absolute atomic E-state index is 0.290. The second-order valence-corrected chi connectivity index (χ2v) is 6.66. The fourth-order valence-corrected chi connectivity index (χ4v) is 3.45. The number of aryl methyl sites for hydroxylation is 2. The molecule has 4 rings (SSSR count). The van der Waals surface area contributed by atoms with Crippen molar-refractivity contribution < 1.29 is 4.39 Å².